The second-order valence-corrected chi connectivity index (χ2v) is 21.1. The number of ether oxygens (including phenoxy) is 1. The molecule has 2 unspecified atom stereocenters. The molecular weight excluding hydrogens is 815 g/mol. The van der Waals surface area contributed by atoms with E-state index in [0.717, 1.165) is 38.5 Å². The third-order valence-electron chi connectivity index (χ3n) is 14.4. The standard InChI is InChI=1S/C60H119NO5/c1-3-5-7-9-11-13-14-15-16-28-31-34-38-42-46-50-54-60(65)66-55-51-47-43-39-35-32-29-26-24-22-20-18-17-19-21-23-25-27-30-33-37-41-45-49-53-59(64)61-57(56-62)58(63)52-48-44-40-36-12-10-8-6-4-2/h57-58,62-63H,3-56H2,1-2H3,(H,61,64). The number of hydrogen-bond donors (Lipinski definition) is 3. The molecule has 0 aromatic rings. The van der Waals surface area contributed by atoms with Crippen molar-refractivity contribution in [3.8, 4) is 0 Å². The third kappa shape index (κ3) is 52.2. The normalized spacial score (nSPS) is 12.5. The average Bonchev–Trinajstić information content (AvgIpc) is 3.32. The Morgan fingerprint density at radius 2 is 0.621 bits per heavy atom. The maximum absolute atomic E-state index is 12.4. The van der Waals surface area contributed by atoms with E-state index in [9.17, 15) is 19.8 Å². The Hall–Kier alpha value is -1.14. The number of carbonyl (C=O) groups is 2. The number of carbonyl (C=O) groups excluding carboxylic acids is 2. The van der Waals surface area contributed by atoms with E-state index in [0.29, 0.717) is 25.9 Å². The van der Waals surface area contributed by atoms with Crippen LogP contribution in [0.15, 0.2) is 0 Å². The predicted octanol–water partition coefficient (Wildman–Crippen LogP) is 18.7. The van der Waals surface area contributed by atoms with E-state index in [1.165, 1.54) is 276 Å². The monoisotopic (exact) mass is 934 g/mol. The molecule has 0 aromatic carbocycles. The quantitative estimate of drug-likeness (QED) is 0.0417. The summed E-state index contributed by atoms with van der Waals surface area (Å²) < 4.78 is 5.50. The molecule has 1 amide bonds. The summed E-state index contributed by atoms with van der Waals surface area (Å²) in [7, 11) is 0. The molecular formula is C60H119NO5. The van der Waals surface area contributed by atoms with Gasteiger partial charge in [0.2, 0.25) is 5.91 Å². The van der Waals surface area contributed by atoms with E-state index < -0.39 is 12.1 Å². The molecule has 0 aliphatic rings. The summed E-state index contributed by atoms with van der Waals surface area (Å²) in [5.41, 5.74) is 0. The van der Waals surface area contributed by atoms with Crippen LogP contribution in [0.3, 0.4) is 0 Å². The second kappa shape index (κ2) is 56.4. The summed E-state index contributed by atoms with van der Waals surface area (Å²) in [5.74, 6) is -0.0148. The molecule has 3 N–H and O–H groups in total. The summed E-state index contributed by atoms with van der Waals surface area (Å²) in [4.78, 5) is 24.5. The molecule has 0 saturated carbocycles. The van der Waals surface area contributed by atoms with Gasteiger partial charge in [0.05, 0.1) is 25.4 Å². The first-order chi connectivity index (χ1) is 32.5. The highest BCUT2D eigenvalue weighted by Gasteiger charge is 2.20. The van der Waals surface area contributed by atoms with E-state index in [1.54, 1.807) is 0 Å². The summed E-state index contributed by atoms with van der Waals surface area (Å²) in [6, 6.07) is -0.537. The third-order valence-corrected chi connectivity index (χ3v) is 14.4. The SMILES string of the molecule is CCCCCCCCCCCCCCCCCCC(=O)OCCCCCCCCCCCCCCCCCCCCCCCCCCC(=O)NC(CO)C(O)CCCCCCCCCCC. The second-order valence-electron chi connectivity index (χ2n) is 21.1. The Morgan fingerprint density at radius 3 is 0.924 bits per heavy atom. The largest absolute Gasteiger partial charge is 0.466 e. The van der Waals surface area contributed by atoms with Crippen LogP contribution in [0.1, 0.15) is 348 Å². The van der Waals surface area contributed by atoms with Crippen LogP contribution in [0, 0.1) is 0 Å². The van der Waals surface area contributed by atoms with Crippen LogP contribution in [0.25, 0.3) is 0 Å². The fourth-order valence-electron chi connectivity index (χ4n) is 9.76. The Bertz CT molecular complexity index is 944. The highest BCUT2D eigenvalue weighted by molar-refractivity contribution is 5.76. The lowest BCUT2D eigenvalue weighted by Gasteiger charge is -2.22. The van der Waals surface area contributed by atoms with Crippen molar-refractivity contribution in [3.05, 3.63) is 0 Å². The van der Waals surface area contributed by atoms with Crippen LogP contribution >= 0.6 is 0 Å². The van der Waals surface area contributed by atoms with Gasteiger partial charge in [0.1, 0.15) is 0 Å². The van der Waals surface area contributed by atoms with Crippen molar-refractivity contribution in [1.29, 1.82) is 0 Å². The summed E-state index contributed by atoms with van der Waals surface area (Å²) >= 11 is 0. The van der Waals surface area contributed by atoms with Gasteiger partial charge in [-0.3, -0.25) is 9.59 Å². The van der Waals surface area contributed by atoms with Gasteiger partial charge in [-0.1, -0.05) is 309 Å². The first kappa shape index (κ1) is 64.9. The zero-order valence-corrected chi connectivity index (χ0v) is 45.0. The molecule has 2 atom stereocenters. The van der Waals surface area contributed by atoms with Crippen LogP contribution < -0.4 is 5.32 Å². The van der Waals surface area contributed by atoms with Crippen LogP contribution in [0.4, 0.5) is 0 Å². The van der Waals surface area contributed by atoms with Crippen molar-refractivity contribution in [2.75, 3.05) is 13.2 Å². The van der Waals surface area contributed by atoms with E-state index in [4.69, 9.17) is 4.74 Å². The number of aliphatic hydroxyl groups is 2. The van der Waals surface area contributed by atoms with Gasteiger partial charge in [-0.2, -0.15) is 0 Å². The molecule has 6 heteroatoms. The topological polar surface area (TPSA) is 95.9 Å². The lowest BCUT2D eigenvalue weighted by Crippen LogP contribution is -2.45. The summed E-state index contributed by atoms with van der Waals surface area (Å²) in [6.07, 6.45) is 65.5. The molecule has 0 aromatic heterocycles. The zero-order valence-electron chi connectivity index (χ0n) is 45.0. The van der Waals surface area contributed by atoms with Crippen LogP contribution in [-0.2, 0) is 14.3 Å². The predicted molar refractivity (Wildman–Crippen MR) is 287 cm³/mol. The molecule has 0 radical (unpaired) electrons. The van der Waals surface area contributed by atoms with Crippen molar-refractivity contribution in [2.24, 2.45) is 0 Å². The molecule has 0 fully saturated rings. The van der Waals surface area contributed by atoms with E-state index >= 15 is 0 Å². The van der Waals surface area contributed by atoms with Gasteiger partial charge >= 0.3 is 5.97 Å². The molecule has 66 heavy (non-hydrogen) atoms. The highest BCUT2D eigenvalue weighted by atomic mass is 16.5. The Balaban J connectivity index is 3.30. The van der Waals surface area contributed by atoms with Crippen LogP contribution in [0.5, 0.6) is 0 Å². The fourth-order valence-corrected chi connectivity index (χ4v) is 9.76. The van der Waals surface area contributed by atoms with Crippen molar-refractivity contribution >= 4 is 11.9 Å². The minimum atomic E-state index is -0.660. The van der Waals surface area contributed by atoms with Crippen molar-refractivity contribution in [2.45, 2.75) is 360 Å². The zero-order chi connectivity index (χ0) is 47.9. The number of hydrogen-bond acceptors (Lipinski definition) is 5. The van der Waals surface area contributed by atoms with Gasteiger partial charge in [0.15, 0.2) is 0 Å². The molecule has 0 heterocycles. The Morgan fingerprint density at radius 1 is 0.364 bits per heavy atom. The minimum absolute atomic E-state index is 0.0196. The number of rotatable bonds is 57. The van der Waals surface area contributed by atoms with Gasteiger partial charge in [-0.05, 0) is 25.7 Å². The first-order valence-corrected chi connectivity index (χ1v) is 30.3. The van der Waals surface area contributed by atoms with Crippen molar-refractivity contribution in [1.82, 2.24) is 5.32 Å². The number of esters is 1. The molecule has 0 spiro atoms. The van der Waals surface area contributed by atoms with E-state index in [1.807, 2.05) is 0 Å². The van der Waals surface area contributed by atoms with Crippen LogP contribution in [0.2, 0.25) is 0 Å². The van der Waals surface area contributed by atoms with E-state index in [-0.39, 0.29) is 18.5 Å². The van der Waals surface area contributed by atoms with Crippen molar-refractivity contribution < 1.29 is 24.5 Å². The van der Waals surface area contributed by atoms with Crippen molar-refractivity contribution in [3.63, 3.8) is 0 Å². The summed E-state index contributed by atoms with van der Waals surface area (Å²) in [5, 5.41) is 23.1. The number of nitrogens with one attached hydrogen (secondary N) is 1. The van der Waals surface area contributed by atoms with Gasteiger partial charge in [0.25, 0.3) is 0 Å². The molecule has 0 aliphatic heterocycles. The molecule has 0 aliphatic carbocycles. The maximum Gasteiger partial charge on any atom is 0.305 e. The lowest BCUT2D eigenvalue weighted by molar-refractivity contribution is -0.143. The average molecular weight is 935 g/mol. The number of aliphatic hydroxyl groups excluding tert-OH is 2. The first-order valence-electron chi connectivity index (χ1n) is 30.3. The number of unbranched alkanes of at least 4 members (excludes halogenated alkanes) is 46. The lowest BCUT2D eigenvalue weighted by atomic mass is 10.0. The number of amides is 1. The van der Waals surface area contributed by atoms with E-state index in [2.05, 4.69) is 19.2 Å². The van der Waals surface area contributed by atoms with Gasteiger partial charge < -0.3 is 20.3 Å². The highest BCUT2D eigenvalue weighted by Crippen LogP contribution is 2.18. The molecule has 0 rings (SSSR count). The molecule has 6 nitrogen and oxygen atoms in total. The fraction of sp³-hybridized carbons (Fsp3) is 0.967. The van der Waals surface area contributed by atoms with Gasteiger partial charge in [0, 0.05) is 12.8 Å². The minimum Gasteiger partial charge on any atom is -0.466 e. The smallest absolute Gasteiger partial charge is 0.305 e. The molecule has 394 valence electrons. The maximum atomic E-state index is 12.4. The molecule has 0 saturated heterocycles. The van der Waals surface area contributed by atoms with Crippen LogP contribution in [-0.4, -0.2) is 47.4 Å². The van der Waals surface area contributed by atoms with Gasteiger partial charge in [-0.25, -0.2) is 0 Å². The molecule has 0 bridgehead atoms. The Labute approximate surface area is 413 Å². The summed E-state index contributed by atoms with van der Waals surface area (Å²) in [6.45, 7) is 4.96. The Kier molecular flexibility index (Phi) is 55.5. The van der Waals surface area contributed by atoms with Gasteiger partial charge in [-0.15, -0.1) is 0 Å².